The van der Waals surface area contributed by atoms with E-state index in [1.54, 1.807) is 24.3 Å². The summed E-state index contributed by atoms with van der Waals surface area (Å²) in [4.78, 5) is 61.0. The van der Waals surface area contributed by atoms with E-state index < -0.39 is 35.2 Å². The third-order valence-corrected chi connectivity index (χ3v) is 5.22. The number of hydrogen-bond acceptors (Lipinski definition) is 7. The molecule has 3 amide bonds. The molecule has 1 heterocycles. The zero-order chi connectivity index (χ0) is 24.4. The molecule has 10 nitrogen and oxygen atoms in total. The maximum absolute atomic E-state index is 12.7. The van der Waals surface area contributed by atoms with Gasteiger partial charge in [0.1, 0.15) is 0 Å². The van der Waals surface area contributed by atoms with Crippen LogP contribution < -0.4 is 10.2 Å². The summed E-state index contributed by atoms with van der Waals surface area (Å²) in [7, 11) is 0. The van der Waals surface area contributed by atoms with E-state index in [9.17, 15) is 29.3 Å². The zero-order valence-electron chi connectivity index (χ0n) is 17.2. The lowest BCUT2D eigenvalue weighted by molar-refractivity contribution is -0.384. The van der Waals surface area contributed by atoms with E-state index in [4.69, 9.17) is 16.3 Å². The van der Waals surface area contributed by atoms with Crippen molar-refractivity contribution in [2.75, 3.05) is 16.8 Å². The number of rotatable bonds is 6. The molecule has 0 fully saturated rings. The van der Waals surface area contributed by atoms with E-state index >= 15 is 0 Å². The van der Waals surface area contributed by atoms with Gasteiger partial charge in [0.25, 0.3) is 23.4 Å². The highest BCUT2D eigenvalue weighted by Gasteiger charge is 2.36. The van der Waals surface area contributed by atoms with Gasteiger partial charge in [-0.1, -0.05) is 29.8 Å². The number of amides is 3. The fraction of sp³-hybridized carbons (Fsp3) is 0.0435. The monoisotopic (exact) mass is 479 g/mol. The summed E-state index contributed by atoms with van der Waals surface area (Å²) in [5.41, 5.74) is 0.607. The van der Waals surface area contributed by atoms with Gasteiger partial charge in [-0.05, 0) is 36.4 Å². The predicted molar refractivity (Wildman–Crippen MR) is 121 cm³/mol. The van der Waals surface area contributed by atoms with Crippen molar-refractivity contribution in [1.82, 2.24) is 0 Å². The van der Waals surface area contributed by atoms with Crippen LogP contribution in [-0.2, 0) is 9.53 Å². The number of halogens is 1. The molecule has 0 aromatic heterocycles. The number of nitro benzene ring substituents is 1. The number of non-ortho nitro benzene ring substituents is 1. The highest BCUT2D eigenvalue weighted by atomic mass is 35.5. The highest BCUT2D eigenvalue weighted by molar-refractivity contribution is 6.34. The Labute approximate surface area is 196 Å². The molecule has 1 aliphatic rings. The lowest BCUT2D eigenvalue weighted by Gasteiger charge is -2.15. The van der Waals surface area contributed by atoms with Crippen LogP contribution in [0.15, 0.2) is 66.7 Å². The van der Waals surface area contributed by atoms with Gasteiger partial charge in [-0.25, -0.2) is 9.69 Å². The van der Waals surface area contributed by atoms with E-state index in [0.29, 0.717) is 0 Å². The van der Waals surface area contributed by atoms with Crippen molar-refractivity contribution in [2.24, 2.45) is 0 Å². The zero-order valence-corrected chi connectivity index (χ0v) is 17.9. The van der Waals surface area contributed by atoms with E-state index in [-0.39, 0.29) is 38.8 Å². The Morgan fingerprint density at radius 1 is 0.971 bits per heavy atom. The van der Waals surface area contributed by atoms with E-state index in [2.05, 4.69) is 5.32 Å². The molecule has 0 unspecified atom stereocenters. The van der Waals surface area contributed by atoms with Crippen molar-refractivity contribution in [1.29, 1.82) is 0 Å². The van der Waals surface area contributed by atoms with E-state index in [0.717, 1.165) is 17.0 Å². The normalized spacial score (nSPS) is 12.3. The predicted octanol–water partition coefficient (Wildman–Crippen LogP) is 3.84. The van der Waals surface area contributed by atoms with Crippen LogP contribution >= 0.6 is 11.6 Å². The van der Waals surface area contributed by atoms with Crippen LogP contribution in [0.5, 0.6) is 0 Å². The Morgan fingerprint density at radius 2 is 1.65 bits per heavy atom. The van der Waals surface area contributed by atoms with Crippen LogP contribution in [0, 0.1) is 10.1 Å². The maximum Gasteiger partial charge on any atom is 0.338 e. The van der Waals surface area contributed by atoms with E-state index in [1.807, 2.05) is 0 Å². The van der Waals surface area contributed by atoms with Gasteiger partial charge in [-0.2, -0.15) is 0 Å². The standard InChI is InChI=1S/C23H14ClN3O7/c24-18-11-15(27(32)33)8-9-19(18)25-20(28)12-34-23(31)13-4-3-5-14(10-13)26-21(29)16-6-1-2-7-17(16)22(26)30/h1-11H,12H2,(H,25,28). The average molecular weight is 480 g/mol. The van der Waals surface area contributed by atoms with E-state index in [1.165, 1.54) is 30.3 Å². The minimum Gasteiger partial charge on any atom is -0.452 e. The molecule has 0 atom stereocenters. The summed E-state index contributed by atoms with van der Waals surface area (Å²) in [6.45, 7) is -0.663. The lowest BCUT2D eigenvalue weighted by Crippen LogP contribution is -2.29. The first-order valence-corrected chi connectivity index (χ1v) is 10.1. The Bertz CT molecular complexity index is 1340. The van der Waals surface area contributed by atoms with Crippen LogP contribution in [0.1, 0.15) is 31.1 Å². The largest absolute Gasteiger partial charge is 0.452 e. The van der Waals surface area contributed by atoms with Gasteiger partial charge in [-0.3, -0.25) is 24.5 Å². The molecule has 34 heavy (non-hydrogen) atoms. The first-order chi connectivity index (χ1) is 16.3. The molecule has 3 aromatic rings. The number of carbonyl (C=O) groups is 4. The van der Waals surface area contributed by atoms with Crippen molar-refractivity contribution in [3.63, 3.8) is 0 Å². The van der Waals surface area contributed by atoms with Gasteiger partial charge in [-0.15, -0.1) is 0 Å². The van der Waals surface area contributed by atoms with Crippen LogP contribution in [-0.4, -0.2) is 35.2 Å². The number of fused-ring (bicyclic) bond motifs is 1. The van der Waals surface area contributed by atoms with Gasteiger partial charge < -0.3 is 10.1 Å². The topological polar surface area (TPSA) is 136 Å². The maximum atomic E-state index is 12.7. The Hall–Kier alpha value is -4.57. The van der Waals surface area contributed by atoms with Crippen LogP contribution in [0.4, 0.5) is 17.1 Å². The van der Waals surface area contributed by atoms with Crippen molar-refractivity contribution >= 4 is 52.4 Å². The molecule has 0 aliphatic carbocycles. The molecule has 170 valence electrons. The minimum absolute atomic E-state index is 0.0234. The number of esters is 1. The molecule has 0 saturated carbocycles. The van der Waals surface area contributed by atoms with Crippen molar-refractivity contribution in [2.45, 2.75) is 0 Å². The number of nitrogens with zero attached hydrogens (tertiary/aromatic N) is 2. The van der Waals surface area contributed by atoms with Gasteiger partial charge in [0.2, 0.25) is 0 Å². The summed E-state index contributed by atoms with van der Waals surface area (Å²) < 4.78 is 5.01. The molecular formula is C23H14ClN3O7. The summed E-state index contributed by atoms with van der Waals surface area (Å²) in [5.74, 6) is -2.60. The minimum atomic E-state index is -0.858. The number of hydrogen-bond donors (Lipinski definition) is 1. The molecule has 4 rings (SSSR count). The molecule has 1 aliphatic heterocycles. The van der Waals surface area contributed by atoms with Crippen molar-refractivity contribution < 1.29 is 28.8 Å². The molecule has 0 saturated heterocycles. The summed E-state index contributed by atoms with van der Waals surface area (Å²) in [6, 6.07) is 15.6. The molecule has 0 spiro atoms. The summed E-state index contributed by atoms with van der Waals surface area (Å²) >= 11 is 5.93. The Balaban J connectivity index is 1.42. The number of imide groups is 1. The van der Waals surface area contributed by atoms with Crippen LogP contribution in [0.25, 0.3) is 0 Å². The third-order valence-electron chi connectivity index (χ3n) is 4.91. The number of benzene rings is 3. The second-order valence-electron chi connectivity index (χ2n) is 7.09. The molecular weight excluding hydrogens is 466 g/mol. The molecule has 3 aromatic carbocycles. The van der Waals surface area contributed by atoms with Crippen molar-refractivity contribution in [3.8, 4) is 0 Å². The lowest BCUT2D eigenvalue weighted by atomic mass is 10.1. The first kappa shape index (κ1) is 22.6. The Kier molecular flexibility index (Phi) is 6.07. The van der Waals surface area contributed by atoms with Gasteiger partial charge in [0.05, 0.1) is 38.0 Å². The summed E-state index contributed by atoms with van der Waals surface area (Å²) in [5, 5.41) is 13.1. The molecule has 1 N–H and O–H groups in total. The second-order valence-corrected chi connectivity index (χ2v) is 7.49. The quantitative estimate of drug-likeness (QED) is 0.245. The van der Waals surface area contributed by atoms with Gasteiger partial charge in [0.15, 0.2) is 6.61 Å². The third kappa shape index (κ3) is 4.34. The highest BCUT2D eigenvalue weighted by Crippen LogP contribution is 2.29. The SMILES string of the molecule is O=C(COC(=O)c1cccc(N2C(=O)c3ccccc3C2=O)c1)Nc1ccc([N+](=O)[O-])cc1Cl. The molecule has 0 radical (unpaired) electrons. The summed E-state index contributed by atoms with van der Waals surface area (Å²) in [6.07, 6.45) is 0. The Morgan fingerprint density at radius 3 is 2.26 bits per heavy atom. The second kappa shape index (κ2) is 9.12. The van der Waals surface area contributed by atoms with Crippen LogP contribution in [0.3, 0.4) is 0 Å². The molecule has 11 heteroatoms. The fourth-order valence-electron chi connectivity index (χ4n) is 3.32. The number of carbonyl (C=O) groups excluding carboxylic acids is 4. The van der Waals surface area contributed by atoms with Crippen molar-refractivity contribution in [3.05, 3.63) is 98.6 Å². The van der Waals surface area contributed by atoms with Gasteiger partial charge >= 0.3 is 5.97 Å². The number of nitrogens with one attached hydrogen (secondary N) is 1. The number of nitro groups is 1. The first-order valence-electron chi connectivity index (χ1n) is 9.75. The fourth-order valence-corrected chi connectivity index (χ4v) is 3.54. The van der Waals surface area contributed by atoms with Gasteiger partial charge in [0, 0.05) is 12.1 Å². The number of ether oxygens (including phenoxy) is 1. The number of anilines is 2. The van der Waals surface area contributed by atoms with Crippen LogP contribution in [0.2, 0.25) is 5.02 Å². The molecule has 0 bridgehead atoms. The smallest absolute Gasteiger partial charge is 0.338 e. The average Bonchev–Trinajstić information content (AvgIpc) is 3.09.